The van der Waals surface area contributed by atoms with Crippen molar-refractivity contribution in [1.29, 1.82) is 0 Å². The van der Waals surface area contributed by atoms with E-state index in [1.807, 2.05) is 36.2 Å². The largest absolute Gasteiger partial charge is 0.339 e. The third-order valence-corrected chi connectivity index (χ3v) is 4.21. The lowest BCUT2D eigenvalue weighted by Crippen LogP contribution is -2.39. The van der Waals surface area contributed by atoms with Crippen LogP contribution in [0.3, 0.4) is 0 Å². The lowest BCUT2D eigenvalue weighted by molar-refractivity contribution is 0.0672. The maximum atomic E-state index is 12.4. The molecular weight excluding hydrogens is 236 g/mol. The van der Waals surface area contributed by atoms with E-state index >= 15 is 0 Å². The number of carbonyl (C=O) groups excluding carboxylic acids is 1. The zero-order chi connectivity index (χ0) is 13.8. The van der Waals surface area contributed by atoms with Crippen molar-refractivity contribution in [1.82, 2.24) is 4.90 Å². The summed E-state index contributed by atoms with van der Waals surface area (Å²) in [5.74, 6) is 0.858. The minimum Gasteiger partial charge on any atom is -0.339 e. The van der Waals surface area contributed by atoms with Crippen LogP contribution in [0.1, 0.15) is 48.5 Å². The van der Waals surface area contributed by atoms with Crippen molar-refractivity contribution >= 4 is 5.91 Å². The highest BCUT2D eigenvalue weighted by Crippen LogP contribution is 2.27. The number of hydrogen-bond donors (Lipinski definition) is 1. The molecule has 1 aromatic rings. The van der Waals surface area contributed by atoms with Crippen molar-refractivity contribution in [2.24, 2.45) is 11.7 Å². The molecule has 1 aliphatic rings. The Kier molecular flexibility index (Phi) is 4.59. The average Bonchev–Trinajstić information content (AvgIpc) is 2.46. The number of rotatable bonds is 3. The van der Waals surface area contributed by atoms with Crippen molar-refractivity contribution in [3.63, 3.8) is 0 Å². The van der Waals surface area contributed by atoms with Crippen molar-refractivity contribution in [2.75, 3.05) is 7.05 Å². The first-order valence-electron chi connectivity index (χ1n) is 7.18. The lowest BCUT2D eigenvalue weighted by Gasteiger charge is -2.34. The summed E-state index contributed by atoms with van der Waals surface area (Å²) in [6.45, 7) is 2.80. The van der Waals surface area contributed by atoms with Gasteiger partial charge in [0.05, 0.1) is 0 Å². The number of carbonyl (C=O) groups is 1. The van der Waals surface area contributed by atoms with E-state index in [0.717, 1.165) is 29.9 Å². The summed E-state index contributed by atoms with van der Waals surface area (Å²) in [5, 5.41) is 0. The van der Waals surface area contributed by atoms with Gasteiger partial charge in [0.1, 0.15) is 0 Å². The molecule has 1 saturated carbocycles. The summed E-state index contributed by atoms with van der Waals surface area (Å²) in [6, 6.07) is 8.03. The molecule has 2 unspecified atom stereocenters. The van der Waals surface area contributed by atoms with Gasteiger partial charge in [-0.1, -0.05) is 31.9 Å². The molecule has 1 aromatic carbocycles. The summed E-state index contributed by atoms with van der Waals surface area (Å²) >= 11 is 0. The number of nitrogens with zero attached hydrogens (tertiary/aromatic N) is 1. The highest BCUT2D eigenvalue weighted by Gasteiger charge is 2.25. The summed E-state index contributed by atoms with van der Waals surface area (Å²) in [6.07, 6.45) is 4.79. The summed E-state index contributed by atoms with van der Waals surface area (Å²) < 4.78 is 0. The zero-order valence-corrected chi connectivity index (χ0v) is 11.9. The van der Waals surface area contributed by atoms with Gasteiger partial charge < -0.3 is 10.6 Å². The van der Waals surface area contributed by atoms with Crippen LogP contribution in [0.15, 0.2) is 24.3 Å². The molecule has 0 heterocycles. The number of benzene rings is 1. The predicted octanol–water partition coefficient (Wildman–Crippen LogP) is 2.80. The molecule has 1 amide bonds. The number of amides is 1. The maximum Gasteiger partial charge on any atom is 0.253 e. The molecule has 3 heteroatoms. The molecule has 0 bridgehead atoms. The minimum atomic E-state index is 0.127. The summed E-state index contributed by atoms with van der Waals surface area (Å²) in [7, 11) is 1.93. The van der Waals surface area contributed by atoms with Crippen molar-refractivity contribution in [3.05, 3.63) is 35.4 Å². The van der Waals surface area contributed by atoms with E-state index in [0.29, 0.717) is 12.6 Å². The maximum absolute atomic E-state index is 12.4. The Morgan fingerprint density at radius 1 is 1.32 bits per heavy atom. The van der Waals surface area contributed by atoms with Crippen molar-refractivity contribution in [2.45, 2.75) is 45.2 Å². The smallest absolute Gasteiger partial charge is 0.253 e. The minimum absolute atomic E-state index is 0.127. The number of nitrogens with two attached hydrogens (primary N) is 1. The quantitative estimate of drug-likeness (QED) is 0.908. The van der Waals surface area contributed by atoms with E-state index in [1.165, 1.54) is 12.8 Å². The SMILES string of the molecule is CC1CCCC(N(C)C(=O)c2ccc(CN)cc2)C1. The molecule has 2 rings (SSSR count). The first kappa shape index (κ1) is 14.1. The first-order valence-corrected chi connectivity index (χ1v) is 7.18. The topological polar surface area (TPSA) is 46.3 Å². The molecule has 0 aromatic heterocycles. The second kappa shape index (κ2) is 6.20. The van der Waals surface area contributed by atoms with Crippen molar-refractivity contribution < 1.29 is 4.79 Å². The van der Waals surface area contributed by atoms with Gasteiger partial charge in [0.2, 0.25) is 0 Å². The monoisotopic (exact) mass is 260 g/mol. The van der Waals surface area contributed by atoms with E-state index in [1.54, 1.807) is 0 Å². The van der Waals surface area contributed by atoms with Gasteiger partial charge in [-0.3, -0.25) is 4.79 Å². The van der Waals surface area contributed by atoms with Gasteiger partial charge in [0, 0.05) is 25.2 Å². The molecule has 2 N–H and O–H groups in total. The van der Waals surface area contributed by atoms with Crippen LogP contribution in [0.5, 0.6) is 0 Å². The van der Waals surface area contributed by atoms with E-state index in [-0.39, 0.29) is 5.91 Å². The summed E-state index contributed by atoms with van der Waals surface area (Å²) in [4.78, 5) is 14.4. The molecule has 2 atom stereocenters. The molecular formula is C16H24N2O. The van der Waals surface area contributed by atoms with Crippen LogP contribution in [-0.2, 0) is 6.54 Å². The van der Waals surface area contributed by atoms with Gasteiger partial charge in [-0.05, 0) is 36.5 Å². The normalized spacial score (nSPS) is 23.1. The Morgan fingerprint density at radius 2 is 2.00 bits per heavy atom. The van der Waals surface area contributed by atoms with Gasteiger partial charge in [-0.25, -0.2) is 0 Å². The van der Waals surface area contributed by atoms with Gasteiger partial charge >= 0.3 is 0 Å². The molecule has 0 radical (unpaired) electrons. The molecule has 104 valence electrons. The van der Waals surface area contributed by atoms with Crippen LogP contribution >= 0.6 is 0 Å². The van der Waals surface area contributed by atoms with Gasteiger partial charge in [-0.2, -0.15) is 0 Å². The molecule has 0 aliphatic heterocycles. The van der Waals surface area contributed by atoms with E-state index in [9.17, 15) is 4.79 Å². The number of hydrogen-bond acceptors (Lipinski definition) is 2. The van der Waals surface area contributed by atoms with Gasteiger partial charge in [0.15, 0.2) is 0 Å². The van der Waals surface area contributed by atoms with E-state index < -0.39 is 0 Å². The average molecular weight is 260 g/mol. The van der Waals surface area contributed by atoms with E-state index in [2.05, 4.69) is 6.92 Å². The lowest BCUT2D eigenvalue weighted by atomic mass is 9.86. The van der Waals surface area contributed by atoms with Crippen LogP contribution < -0.4 is 5.73 Å². The second-order valence-corrected chi connectivity index (χ2v) is 5.74. The molecule has 0 spiro atoms. The van der Waals surface area contributed by atoms with Crippen LogP contribution in [0.2, 0.25) is 0 Å². The Morgan fingerprint density at radius 3 is 2.58 bits per heavy atom. The standard InChI is InChI=1S/C16H24N2O/c1-12-4-3-5-15(10-12)18(2)16(19)14-8-6-13(11-17)7-9-14/h6-9,12,15H,3-5,10-11,17H2,1-2H3. The Bertz CT molecular complexity index is 427. The van der Waals surface area contributed by atoms with Crippen LogP contribution in [0.4, 0.5) is 0 Å². The predicted molar refractivity (Wildman–Crippen MR) is 77.8 cm³/mol. The molecule has 1 aliphatic carbocycles. The van der Waals surface area contributed by atoms with Gasteiger partial charge in [-0.15, -0.1) is 0 Å². The Hall–Kier alpha value is -1.35. The van der Waals surface area contributed by atoms with Crippen LogP contribution in [-0.4, -0.2) is 23.9 Å². The van der Waals surface area contributed by atoms with Crippen molar-refractivity contribution in [3.8, 4) is 0 Å². The molecule has 1 fully saturated rings. The highest BCUT2D eigenvalue weighted by molar-refractivity contribution is 5.94. The van der Waals surface area contributed by atoms with Crippen LogP contribution in [0.25, 0.3) is 0 Å². The first-order chi connectivity index (χ1) is 9.11. The van der Waals surface area contributed by atoms with Gasteiger partial charge in [0.25, 0.3) is 5.91 Å². The van der Waals surface area contributed by atoms with Crippen LogP contribution in [0, 0.1) is 5.92 Å². The van der Waals surface area contributed by atoms with E-state index in [4.69, 9.17) is 5.73 Å². The zero-order valence-electron chi connectivity index (χ0n) is 11.9. The molecule has 3 nitrogen and oxygen atoms in total. The summed E-state index contributed by atoms with van der Waals surface area (Å²) in [5.41, 5.74) is 7.40. The fourth-order valence-electron chi connectivity index (χ4n) is 2.91. The Balaban J connectivity index is 2.05. The third kappa shape index (κ3) is 3.35. The third-order valence-electron chi connectivity index (χ3n) is 4.21. The molecule has 19 heavy (non-hydrogen) atoms. The highest BCUT2D eigenvalue weighted by atomic mass is 16.2. The Labute approximate surface area is 115 Å². The second-order valence-electron chi connectivity index (χ2n) is 5.74. The fourth-order valence-corrected chi connectivity index (χ4v) is 2.91. The fraction of sp³-hybridized carbons (Fsp3) is 0.562. The molecule has 0 saturated heterocycles.